The topological polar surface area (TPSA) is 42.0 Å². The quantitative estimate of drug-likeness (QED) is 0.798. The maximum atomic E-state index is 12.8. The Morgan fingerprint density at radius 1 is 1.09 bits per heavy atom. The number of amides is 2. The molecule has 2 atom stereocenters. The molecule has 0 unspecified atom stereocenters. The molecule has 0 aromatic carbocycles. The van der Waals surface area contributed by atoms with Crippen LogP contribution >= 0.6 is 0 Å². The third-order valence-electron chi connectivity index (χ3n) is 6.08. The van der Waals surface area contributed by atoms with Gasteiger partial charge < -0.3 is 19.3 Å². The molecule has 23 heavy (non-hydrogen) atoms. The van der Waals surface area contributed by atoms with Gasteiger partial charge in [0, 0.05) is 44.8 Å². The molecule has 3 heterocycles. The summed E-state index contributed by atoms with van der Waals surface area (Å²) in [7, 11) is 0. The van der Waals surface area contributed by atoms with Gasteiger partial charge in [-0.05, 0) is 50.9 Å². The Hall–Kier alpha value is -0.810. The summed E-state index contributed by atoms with van der Waals surface area (Å²) < 4.78 is 12.2. The van der Waals surface area contributed by atoms with E-state index in [0.29, 0.717) is 0 Å². The van der Waals surface area contributed by atoms with Crippen LogP contribution in [0.1, 0.15) is 44.9 Å². The number of hydrogen-bond donors (Lipinski definition) is 0. The van der Waals surface area contributed by atoms with Gasteiger partial charge in [-0.25, -0.2) is 4.79 Å². The van der Waals surface area contributed by atoms with Crippen molar-refractivity contribution in [2.75, 3.05) is 46.0 Å². The van der Waals surface area contributed by atoms with Gasteiger partial charge in [-0.3, -0.25) is 0 Å². The lowest BCUT2D eigenvalue weighted by molar-refractivity contribution is -0.147. The summed E-state index contributed by atoms with van der Waals surface area (Å²) in [6.45, 7) is 6.05. The van der Waals surface area contributed by atoms with Crippen LogP contribution in [0.5, 0.6) is 0 Å². The normalized spacial score (nSPS) is 34.5. The Balaban J connectivity index is 1.41. The molecule has 5 nitrogen and oxygen atoms in total. The maximum Gasteiger partial charge on any atom is 0.320 e. The Morgan fingerprint density at radius 3 is 2.70 bits per heavy atom. The number of ether oxygens (including phenoxy) is 2. The molecule has 0 radical (unpaired) electrons. The summed E-state index contributed by atoms with van der Waals surface area (Å²) in [5.74, 6) is 0.792. The zero-order valence-corrected chi connectivity index (χ0v) is 14.2. The SMILES string of the molecule is O=C(N1CCCC1)N1CC[C@@H]2OCCC[C@@]2(COCC2CC2)C1. The fourth-order valence-corrected chi connectivity index (χ4v) is 4.49. The minimum atomic E-state index is 0.0285. The summed E-state index contributed by atoms with van der Waals surface area (Å²) >= 11 is 0. The van der Waals surface area contributed by atoms with Crippen LogP contribution in [-0.2, 0) is 9.47 Å². The van der Waals surface area contributed by atoms with Crippen molar-refractivity contribution in [3.8, 4) is 0 Å². The van der Waals surface area contributed by atoms with E-state index in [1.807, 2.05) is 4.90 Å². The molecular weight excluding hydrogens is 292 g/mol. The predicted molar refractivity (Wildman–Crippen MR) is 87.3 cm³/mol. The van der Waals surface area contributed by atoms with Crippen LogP contribution in [0.15, 0.2) is 0 Å². The van der Waals surface area contributed by atoms with Crippen LogP contribution in [0.2, 0.25) is 0 Å². The highest BCUT2D eigenvalue weighted by atomic mass is 16.5. The van der Waals surface area contributed by atoms with Crippen molar-refractivity contribution in [2.24, 2.45) is 11.3 Å². The lowest BCUT2D eigenvalue weighted by atomic mass is 9.73. The molecule has 5 heteroatoms. The van der Waals surface area contributed by atoms with E-state index >= 15 is 0 Å². The molecule has 2 amide bonds. The van der Waals surface area contributed by atoms with E-state index in [2.05, 4.69) is 4.90 Å². The van der Waals surface area contributed by atoms with E-state index < -0.39 is 0 Å². The van der Waals surface area contributed by atoms with Crippen LogP contribution in [0, 0.1) is 11.3 Å². The van der Waals surface area contributed by atoms with E-state index in [9.17, 15) is 4.79 Å². The second-order valence-corrected chi connectivity index (χ2v) is 7.97. The number of hydrogen-bond acceptors (Lipinski definition) is 3. The van der Waals surface area contributed by atoms with E-state index in [4.69, 9.17) is 9.47 Å². The minimum absolute atomic E-state index is 0.0285. The number of fused-ring (bicyclic) bond motifs is 1. The second-order valence-electron chi connectivity index (χ2n) is 7.97. The first-order chi connectivity index (χ1) is 11.3. The first kappa shape index (κ1) is 15.7. The van der Waals surface area contributed by atoms with E-state index in [1.54, 1.807) is 0 Å². The van der Waals surface area contributed by atoms with Crippen LogP contribution in [-0.4, -0.2) is 67.9 Å². The standard InChI is InChI=1S/C18H30N2O3/c21-17(19-8-1-2-9-19)20-10-6-16-18(13-20,7-3-11-23-16)14-22-12-15-4-5-15/h15-16H,1-14H2/t16-,18-/m0/s1. The number of carbonyl (C=O) groups excluding carboxylic acids is 1. The van der Waals surface area contributed by atoms with Crippen molar-refractivity contribution in [1.29, 1.82) is 0 Å². The number of carbonyl (C=O) groups is 1. The maximum absolute atomic E-state index is 12.8. The van der Waals surface area contributed by atoms with Gasteiger partial charge in [0.25, 0.3) is 0 Å². The summed E-state index contributed by atoms with van der Waals surface area (Å²) in [5, 5.41) is 0. The van der Waals surface area contributed by atoms with Crippen molar-refractivity contribution in [1.82, 2.24) is 9.80 Å². The second kappa shape index (κ2) is 6.60. The summed E-state index contributed by atoms with van der Waals surface area (Å²) in [5.41, 5.74) is 0.0285. The van der Waals surface area contributed by atoms with E-state index in [-0.39, 0.29) is 17.6 Å². The molecule has 3 saturated heterocycles. The molecule has 0 aromatic rings. The minimum Gasteiger partial charge on any atom is -0.380 e. The number of likely N-dealkylation sites (tertiary alicyclic amines) is 2. The number of urea groups is 1. The largest absolute Gasteiger partial charge is 0.380 e. The van der Waals surface area contributed by atoms with Crippen LogP contribution < -0.4 is 0 Å². The average molecular weight is 322 g/mol. The van der Waals surface area contributed by atoms with Gasteiger partial charge in [0.05, 0.1) is 12.7 Å². The molecule has 0 bridgehead atoms. The van der Waals surface area contributed by atoms with Gasteiger partial charge in [0.15, 0.2) is 0 Å². The zero-order valence-electron chi connectivity index (χ0n) is 14.2. The van der Waals surface area contributed by atoms with Crippen LogP contribution in [0.4, 0.5) is 4.79 Å². The van der Waals surface area contributed by atoms with Gasteiger partial charge in [-0.2, -0.15) is 0 Å². The van der Waals surface area contributed by atoms with Crippen LogP contribution in [0.25, 0.3) is 0 Å². The number of rotatable bonds is 4. The Bertz CT molecular complexity index is 434. The molecule has 0 N–H and O–H groups in total. The zero-order chi connectivity index (χ0) is 15.7. The molecule has 1 saturated carbocycles. The molecule has 0 spiro atoms. The molecule has 130 valence electrons. The lowest BCUT2D eigenvalue weighted by Gasteiger charge is -2.50. The predicted octanol–water partition coefficient (Wildman–Crippen LogP) is 2.50. The molecule has 4 rings (SSSR count). The number of nitrogens with zero attached hydrogens (tertiary/aromatic N) is 2. The molecule has 4 aliphatic rings. The van der Waals surface area contributed by atoms with Crippen molar-refractivity contribution in [2.45, 2.75) is 51.0 Å². The molecule has 3 aliphatic heterocycles. The molecule has 4 fully saturated rings. The lowest BCUT2D eigenvalue weighted by Crippen LogP contribution is -2.59. The first-order valence-corrected chi connectivity index (χ1v) is 9.50. The first-order valence-electron chi connectivity index (χ1n) is 9.50. The van der Waals surface area contributed by atoms with Crippen molar-refractivity contribution in [3.63, 3.8) is 0 Å². The van der Waals surface area contributed by atoms with Gasteiger partial charge in [0.1, 0.15) is 0 Å². The van der Waals surface area contributed by atoms with Crippen LogP contribution in [0.3, 0.4) is 0 Å². The van der Waals surface area contributed by atoms with Gasteiger partial charge >= 0.3 is 6.03 Å². The third kappa shape index (κ3) is 3.36. The Labute approximate surface area is 139 Å². The highest BCUT2D eigenvalue weighted by Crippen LogP contribution is 2.41. The highest BCUT2D eigenvalue weighted by molar-refractivity contribution is 5.75. The van der Waals surface area contributed by atoms with E-state index in [1.165, 1.54) is 12.8 Å². The molecular formula is C18H30N2O3. The third-order valence-corrected chi connectivity index (χ3v) is 6.08. The van der Waals surface area contributed by atoms with Crippen molar-refractivity contribution >= 4 is 6.03 Å². The summed E-state index contributed by atoms with van der Waals surface area (Å²) in [6, 6.07) is 0.244. The average Bonchev–Trinajstić information content (AvgIpc) is 3.24. The van der Waals surface area contributed by atoms with E-state index in [0.717, 1.165) is 84.0 Å². The van der Waals surface area contributed by atoms with Crippen molar-refractivity contribution < 1.29 is 14.3 Å². The number of piperidine rings is 1. The fourth-order valence-electron chi connectivity index (χ4n) is 4.49. The Kier molecular flexibility index (Phi) is 4.50. The summed E-state index contributed by atoms with van der Waals surface area (Å²) in [4.78, 5) is 16.9. The highest BCUT2D eigenvalue weighted by Gasteiger charge is 2.48. The van der Waals surface area contributed by atoms with Crippen molar-refractivity contribution in [3.05, 3.63) is 0 Å². The van der Waals surface area contributed by atoms with Gasteiger partial charge in [-0.1, -0.05) is 0 Å². The Morgan fingerprint density at radius 2 is 1.91 bits per heavy atom. The smallest absolute Gasteiger partial charge is 0.320 e. The van der Waals surface area contributed by atoms with Gasteiger partial charge in [0.2, 0.25) is 0 Å². The fraction of sp³-hybridized carbons (Fsp3) is 0.944. The molecule has 1 aliphatic carbocycles. The molecule has 0 aromatic heterocycles. The monoisotopic (exact) mass is 322 g/mol. The summed E-state index contributed by atoms with van der Waals surface area (Å²) in [6.07, 6.45) is 8.42. The van der Waals surface area contributed by atoms with Gasteiger partial charge in [-0.15, -0.1) is 0 Å².